The quantitative estimate of drug-likeness (QED) is 0.888. The number of hydrogen-bond acceptors (Lipinski definition) is 3. The Balaban J connectivity index is 1.97. The second-order valence-corrected chi connectivity index (χ2v) is 4.89. The van der Waals surface area contributed by atoms with E-state index in [1.807, 2.05) is 45.0 Å². The fraction of sp³-hybridized carbons (Fsp3) is 0.375. The standard InChI is InChI=1S/C16H21N3O2/c1-4-21-15-8-6-14(7-9-15)12(2)18-16(20)13(3)19-11-5-10-17-19/h5-13H,4H2,1-3H3,(H,18,20)/t12-,13+/m0/s1. The van der Waals surface area contributed by atoms with Crippen molar-refractivity contribution in [2.45, 2.75) is 32.9 Å². The number of amides is 1. The van der Waals surface area contributed by atoms with Crippen LogP contribution in [0.2, 0.25) is 0 Å². The van der Waals surface area contributed by atoms with Crippen molar-refractivity contribution >= 4 is 5.91 Å². The van der Waals surface area contributed by atoms with E-state index in [0.717, 1.165) is 11.3 Å². The summed E-state index contributed by atoms with van der Waals surface area (Å²) < 4.78 is 7.05. The molecule has 1 N–H and O–H groups in total. The number of rotatable bonds is 6. The van der Waals surface area contributed by atoms with Gasteiger partial charge < -0.3 is 10.1 Å². The average molecular weight is 287 g/mol. The van der Waals surface area contributed by atoms with Gasteiger partial charge in [-0.05, 0) is 44.5 Å². The highest BCUT2D eigenvalue weighted by Crippen LogP contribution is 2.18. The van der Waals surface area contributed by atoms with Gasteiger partial charge >= 0.3 is 0 Å². The maximum absolute atomic E-state index is 12.2. The van der Waals surface area contributed by atoms with Crippen molar-refractivity contribution in [3.05, 3.63) is 48.3 Å². The summed E-state index contributed by atoms with van der Waals surface area (Å²) in [5, 5.41) is 7.08. The molecular weight excluding hydrogens is 266 g/mol. The third kappa shape index (κ3) is 3.84. The fourth-order valence-electron chi connectivity index (χ4n) is 2.07. The molecule has 1 heterocycles. The lowest BCUT2D eigenvalue weighted by molar-refractivity contribution is -0.124. The highest BCUT2D eigenvalue weighted by atomic mass is 16.5. The Morgan fingerprint density at radius 1 is 1.33 bits per heavy atom. The zero-order chi connectivity index (χ0) is 15.2. The van der Waals surface area contributed by atoms with Crippen LogP contribution in [0.5, 0.6) is 5.75 Å². The molecule has 21 heavy (non-hydrogen) atoms. The molecule has 2 rings (SSSR count). The van der Waals surface area contributed by atoms with Crippen LogP contribution in [0.3, 0.4) is 0 Å². The van der Waals surface area contributed by atoms with Crippen LogP contribution in [-0.2, 0) is 4.79 Å². The minimum Gasteiger partial charge on any atom is -0.494 e. The summed E-state index contributed by atoms with van der Waals surface area (Å²) in [6.45, 7) is 6.39. The molecule has 0 bridgehead atoms. The highest BCUT2D eigenvalue weighted by molar-refractivity contribution is 5.80. The first kappa shape index (κ1) is 15.1. The molecule has 2 atom stereocenters. The topological polar surface area (TPSA) is 56.1 Å². The molecule has 0 radical (unpaired) electrons. The van der Waals surface area contributed by atoms with Crippen molar-refractivity contribution in [2.24, 2.45) is 0 Å². The fourth-order valence-corrected chi connectivity index (χ4v) is 2.07. The monoisotopic (exact) mass is 287 g/mol. The summed E-state index contributed by atoms with van der Waals surface area (Å²) in [4.78, 5) is 12.2. The molecule has 1 aromatic heterocycles. The van der Waals surface area contributed by atoms with Crippen LogP contribution in [0.25, 0.3) is 0 Å². The second kappa shape index (κ2) is 6.92. The van der Waals surface area contributed by atoms with Crippen molar-refractivity contribution in [2.75, 3.05) is 6.61 Å². The largest absolute Gasteiger partial charge is 0.494 e. The predicted molar refractivity (Wildman–Crippen MR) is 81.1 cm³/mol. The summed E-state index contributed by atoms with van der Waals surface area (Å²) in [5.41, 5.74) is 1.04. The van der Waals surface area contributed by atoms with Crippen LogP contribution in [0, 0.1) is 0 Å². The van der Waals surface area contributed by atoms with Gasteiger partial charge in [0.2, 0.25) is 5.91 Å². The van der Waals surface area contributed by atoms with Gasteiger partial charge in [-0.15, -0.1) is 0 Å². The van der Waals surface area contributed by atoms with E-state index in [2.05, 4.69) is 10.4 Å². The number of carbonyl (C=O) groups excluding carboxylic acids is 1. The lowest BCUT2D eigenvalue weighted by atomic mass is 10.1. The van der Waals surface area contributed by atoms with Crippen LogP contribution >= 0.6 is 0 Å². The van der Waals surface area contributed by atoms with E-state index in [1.165, 1.54) is 0 Å². The molecule has 5 nitrogen and oxygen atoms in total. The molecule has 1 amide bonds. The Morgan fingerprint density at radius 2 is 2.05 bits per heavy atom. The first-order chi connectivity index (χ1) is 10.1. The predicted octanol–water partition coefficient (Wildman–Crippen LogP) is 2.72. The van der Waals surface area contributed by atoms with Crippen LogP contribution in [-0.4, -0.2) is 22.3 Å². The molecular formula is C16H21N3O2. The third-order valence-electron chi connectivity index (χ3n) is 3.35. The first-order valence-corrected chi connectivity index (χ1v) is 7.14. The van der Waals surface area contributed by atoms with Gasteiger partial charge in [-0.2, -0.15) is 5.10 Å². The van der Waals surface area contributed by atoms with Gasteiger partial charge in [0.15, 0.2) is 0 Å². The van der Waals surface area contributed by atoms with E-state index in [9.17, 15) is 4.79 Å². The van der Waals surface area contributed by atoms with E-state index in [1.54, 1.807) is 23.1 Å². The van der Waals surface area contributed by atoms with Crippen molar-refractivity contribution in [3.63, 3.8) is 0 Å². The Hall–Kier alpha value is -2.30. The number of ether oxygens (including phenoxy) is 1. The van der Waals surface area contributed by atoms with Gasteiger partial charge in [-0.1, -0.05) is 12.1 Å². The summed E-state index contributed by atoms with van der Waals surface area (Å²) in [5.74, 6) is 0.782. The zero-order valence-corrected chi connectivity index (χ0v) is 12.6. The van der Waals surface area contributed by atoms with Gasteiger partial charge in [0.05, 0.1) is 12.6 Å². The minimum absolute atomic E-state index is 0.0555. The summed E-state index contributed by atoms with van der Waals surface area (Å²) >= 11 is 0. The van der Waals surface area contributed by atoms with Gasteiger partial charge in [0.25, 0.3) is 0 Å². The molecule has 5 heteroatoms. The number of nitrogens with zero attached hydrogens (tertiary/aromatic N) is 2. The maximum atomic E-state index is 12.2. The van der Waals surface area contributed by atoms with E-state index >= 15 is 0 Å². The van der Waals surface area contributed by atoms with Gasteiger partial charge in [-0.25, -0.2) is 0 Å². The van der Waals surface area contributed by atoms with Crippen molar-refractivity contribution in [3.8, 4) is 5.75 Å². The van der Waals surface area contributed by atoms with Crippen molar-refractivity contribution in [1.29, 1.82) is 0 Å². The molecule has 0 aliphatic rings. The van der Waals surface area contributed by atoms with Crippen molar-refractivity contribution in [1.82, 2.24) is 15.1 Å². The molecule has 0 saturated carbocycles. The van der Waals surface area contributed by atoms with Gasteiger partial charge in [0, 0.05) is 12.4 Å². The molecule has 112 valence electrons. The minimum atomic E-state index is -0.329. The molecule has 2 aromatic rings. The highest BCUT2D eigenvalue weighted by Gasteiger charge is 2.17. The first-order valence-electron chi connectivity index (χ1n) is 7.14. The molecule has 1 aromatic carbocycles. The van der Waals surface area contributed by atoms with Crippen molar-refractivity contribution < 1.29 is 9.53 Å². The Labute approximate surface area is 124 Å². The number of benzene rings is 1. The molecule has 0 aliphatic heterocycles. The van der Waals surface area contributed by atoms with E-state index in [-0.39, 0.29) is 18.0 Å². The lowest BCUT2D eigenvalue weighted by Gasteiger charge is -2.18. The third-order valence-corrected chi connectivity index (χ3v) is 3.35. The lowest BCUT2D eigenvalue weighted by Crippen LogP contribution is -2.33. The normalized spacial score (nSPS) is 13.5. The molecule has 0 fully saturated rings. The summed E-state index contributed by atoms with van der Waals surface area (Å²) in [7, 11) is 0. The smallest absolute Gasteiger partial charge is 0.245 e. The van der Waals surface area contributed by atoms with Gasteiger partial charge in [0.1, 0.15) is 11.8 Å². The number of carbonyl (C=O) groups is 1. The molecule has 0 saturated heterocycles. The number of aromatic nitrogens is 2. The van der Waals surface area contributed by atoms with Gasteiger partial charge in [-0.3, -0.25) is 9.48 Å². The molecule has 0 unspecified atom stereocenters. The average Bonchev–Trinajstić information content (AvgIpc) is 3.01. The zero-order valence-electron chi connectivity index (χ0n) is 12.6. The van der Waals surface area contributed by atoms with Crippen LogP contribution < -0.4 is 10.1 Å². The number of hydrogen-bond donors (Lipinski definition) is 1. The Morgan fingerprint density at radius 3 is 2.62 bits per heavy atom. The van der Waals surface area contributed by atoms with Crippen LogP contribution in [0.4, 0.5) is 0 Å². The second-order valence-electron chi connectivity index (χ2n) is 4.89. The van der Waals surface area contributed by atoms with E-state index in [0.29, 0.717) is 6.61 Å². The molecule has 0 spiro atoms. The SMILES string of the molecule is CCOc1ccc([C@H](C)NC(=O)[C@@H](C)n2cccn2)cc1. The van der Waals surface area contributed by atoms with E-state index < -0.39 is 0 Å². The van der Waals surface area contributed by atoms with Crippen LogP contribution in [0.1, 0.15) is 38.4 Å². The van der Waals surface area contributed by atoms with E-state index in [4.69, 9.17) is 4.74 Å². The summed E-state index contributed by atoms with van der Waals surface area (Å²) in [6, 6.07) is 9.18. The number of nitrogens with one attached hydrogen (secondary N) is 1. The van der Waals surface area contributed by atoms with Crippen LogP contribution in [0.15, 0.2) is 42.7 Å². The maximum Gasteiger partial charge on any atom is 0.245 e. The summed E-state index contributed by atoms with van der Waals surface area (Å²) in [6.07, 6.45) is 3.45. The Bertz CT molecular complexity index is 564. The Kier molecular flexibility index (Phi) is 4.98. The molecule has 0 aliphatic carbocycles.